The van der Waals surface area contributed by atoms with E-state index in [1.165, 1.54) is 0 Å². The van der Waals surface area contributed by atoms with E-state index in [9.17, 15) is 14.4 Å². The molecule has 4 rings (SSSR count). The average molecular weight is 464 g/mol. The maximum atomic E-state index is 13.0. The van der Waals surface area contributed by atoms with E-state index in [1.54, 1.807) is 24.0 Å². The minimum Gasteiger partial charge on any atom is -0.482 e. The van der Waals surface area contributed by atoms with Crippen LogP contribution in [0.2, 0.25) is 5.02 Å². The quantitative estimate of drug-likeness (QED) is 0.670. The molecular formula is C23H30ClN3O5. The minimum absolute atomic E-state index is 0.0235. The molecular weight excluding hydrogens is 434 g/mol. The van der Waals surface area contributed by atoms with Crippen molar-refractivity contribution in [3.63, 3.8) is 0 Å². The molecule has 1 aromatic carbocycles. The van der Waals surface area contributed by atoms with Gasteiger partial charge in [0.15, 0.2) is 6.61 Å². The van der Waals surface area contributed by atoms with Crippen molar-refractivity contribution in [2.45, 2.75) is 26.2 Å². The number of rotatable bonds is 5. The summed E-state index contributed by atoms with van der Waals surface area (Å²) in [6.07, 6.45) is 2.26. The first kappa shape index (κ1) is 22.7. The topological polar surface area (TPSA) is 79.4 Å². The number of likely N-dealkylation sites (tertiary alicyclic amines) is 1. The molecule has 3 fully saturated rings. The number of halogens is 1. The van der Waals surface area contributed by atoms with E-state index in [0.717, 1.165) is 19.3 Å². The summed E-state index contributed by atoms with van der Waals surface area (Å²) in [4.78, 5) is 42.8. The van der Waals surface area contributed by atoms with Gasteiger partial charge in [-0.3, -0.25) is 9.59 Å². The van der Waals surface area contributed by atoms with Crippen LogP contribution in [0, 0.1) is 11.3 Å². The van der Waals surface area contributed by atoms with Gasteiger partial charge in [0.05, 0.1) is 11.6 Å². The molecule has 8 nitrogen and oxygen atoms in total. The number of carbonyl (C=O) groups excluding carboxylic acids is 3. The molecule has 1 spiro atoms. The molecule has 0 radical (unpaired) electrons. The molecule has 9 heteroatoms. The Balaban J connectivity index is 1.21. The van der Waals surface area contributed by atoms with Crippen molar-refractivity contribution in [3.8, 4) is 5.75 Å². The average Bonchev–Trinajstić information content (AvgIpc) is 3.51. The molecule has 2 heterocycles. The predicted molar refractivity (Wildman–Crippen MR) is 118 cm³/mol. The van der Waals surface area contributed by atoms with Gasteiger partial charge in [0, 0.05) is 45.2 Å². The van der Waals surface area contributed by atoms with E-state index in [1.807, 2.05) is 21.9 Å². The van der Waals surface area contributed by atoms with Crippen LogP contribution in [0.3, 0.4) is 0 Å². The fraction of sp³-hybridized carbons (Fsp3) is 0.609. The second kappa shape index (κ2) is 9.57. The first-order valence-electron chi connectivity index (χ1n) is 11.3. The number of carbonyl (C=O) groups is 3. The van der Waals surface area contributed by atoms with Crippen molar-refractivity contribution in [3.05, 3.63) is 29.3 Å². The molecule has 1 aromatic rings. The fourth-order valence-corrected chi connectivity index (χ4v) is 4.98. The van der Waals surface area contributed by atoms with Crippen molar-refractivity contribution in [1.82, 2.24) is 14.7 Å². The number of ether oxygens (including phenoxy) is 2. The zero-order valence-corrected chi connectivity index (χ0v) is 19.2. The number of hydrogen-bond acceptors (Lipinski definition) is 5. The summed E-state index contributed by atoms with van der Waals surface area (Å²) in [6.45, 7) is 5.52. The van der Waals surface area contributed by atoms with Gasteiger partial charge in [-0.15, -0.1) is 0 Å². The number of hydrogen-bond donors (Lipinski definition) is 0. The lowest BCUT2D eigenvalue weighted by atomic mass is 9.90. The van der Waals surface area contributed by atoms with Gasteiger partial charge in [0.2, 0.25) is 5.91 Å². The molecule has 1 saturated carbocycles. The number of piperidine rings is 1. The monoisotopic (exact) mass is 463 g/mol. The van der Waals surface area contributed by atoms with Gasteiger partial charge in [0.25, 0.3) is 5.91 Å². The highest BCUT2D eigenvalue weighted by molar-refractivity contribution is 6.32. The normalized spacial score (nSPS) is 21.9. The van der Waals surface area contributed by atoms with Crippen molar-refractivity contribution in [1.29, 1.82) is 0 Å². The first-order chi connectivity index (χ1) is 15.4. The van der Waals surface area contributed by atoms with Crippen LogP contribution in [-0.4, -0.2) is 85.1 Å². The number of amides is 3. The van der Waals surface area contributed by atoms with Crippen LogP contribution < -0.4 is 4.74 Å². The van der Waals surface area contributed by atoms with Crippen LogP contribution in [0.4, 0.5) is 4.79 Å². The van der Waals surface area contributed by atoms with Gasteiger partial charge in [-0.05, 0) is 43.7 Å². The molecule has 1 unspecified atom stereocenters. The number of para-hydroxylation sites is 1. The van der Waals surface area contributed by atoms with Crippen LogP contribution >= 0.6 is 11.6 Å². The third-order valence-corrected chi connectivity index (χ3v) is 7.22. The smallest absolute Gasteiger partial charge is 0.409 e. The van der Waals surface area contributed by atoms with Gasteiger partial charge < -0.3 is 24.2 Å². The van der Waals surface area contributed by atoms with Crippen LogP contribution in [0.15, 0.2) is 24.3 Å². The summed E-state index contributed by atoms with van der Waals surface area (Å²) in [5.41, 5.74) is 0.0235. The molecule has 0 aromatic heterocycles. The summed E-state index contributed by atoms with van der Waals surface area (Å²) in [5.74, 6) is 0.675. The largest absolute Gasteiger partial charge is 0.482 e. The van der Waals surface area contributed by atoms with Crippen molar-refractivity contribution in [2.24, 2.45) is 11.3 Å². The van der Waals surface area contributed by atoms with Crippen LogP contribution in [0.5, 0.6) is 5.75 Å². The highest BCUT2D eigenvalue weighted by atomic mass is 35.5. The molecule has 3 aliphatic rings. The van der Waals surface area contributed by atoms with E-state index < -0.39 is 0 Å². The Bertz CT molecular complexity index is 863. The zero-order chi connectivity index (χ0) is 22.7. The molecule has 32 heavy (non-hydrogen) atoms. The van der Waals surface area contributed by atoms with Crippen LogP contribution in [-0.2, 0) is 14.3 Å². The lowest BCUT2D eigenvalue weighted by Gasteiger charge is -2.36. The summed E-state index contributed by atoms with van der Waals surface area (Å²) in [7, 11) is 0. The highest BCUT2D eigenvalue weighted by Crippen LogP contribution is 2.60. The van der Waals surface area contributed by atoms with E-state index >= 15 is 0 Å². The Morgan fingerprint density at radius 1 is 1.00 bits per heavy atom. The van der Waals surface area contributed by atoms with E-state index in [4.69, 9.17) is 21.1 Å². The van der Waals surface area contributed by atoms with Gasteiger partial charge >= 0.3 is 6.09 Å². The summed E-state index contributed by atoms with van der Waals surface area (Å²) in [6, 6.07) is 7.10. The molecule has 2 aliphatic heterocycles. The molecule has 0 bridgehead atoms. The summed E-state index contributed by atoms with van der Waals surface area (Å²) >= 11 is 6.08. The molecule has 174 valence electrons. The number of benzene rings is 1. The Morgan fingerprint density at radius 2 is 1.66 bits per heavy atom. The first-order valence-corrected chi connectivity index (χ1v) is 11.7. The standard InChI is InChI=1S/C23H30ClN3O5/c1-2-31-22(30)27-13-11-26(12-14-27)21(29)17-15-23(17)7-9-25(10-8-23)20(28)16-32-19-6-4-3-5-18(19)24/h3-6,17H,2,7-16H2,1H3. The Kier molecular flexibility index (Phi) is 6.79. The van der Waals surface area contributed by atoms with Gasteiger partial charge in [-0.1, -0.05) is 23.7 Å². The van der Waals surface area contributed by atoms with Crippen LogP contribution in [0.1, 0.15) is 26.2 Å². The molecule has 3 amide bonds. The third kappa shape index (κ3) is 4.80. The third-order valence-electron chi connectivity index (χ3n) is 6.90. The maximum absolute atomic E-state index is 13.0. The molecule has 0 N–H and O–H groups in total. The minimum atomic E-state index is -0.307. The van der Waals surface area contributed by atoms with Gasteiger partial charge in [-0.2, -0.15) is 0 Å². The number of piperazine rings is 1. The van der Waals surface area contributed by atoms with Gasteiger partial charge in [0.1, 0.15) is 5.75 Å². The fourth-order valence-electron chi connectivity index (χ4n) is 4.79. The zero-order valence-electron chi connectivity index (χ0n) is 18.4. The number of nitrogens with zero attached hydrogens (tertiary/aromatic N) is 3. The van der Waals surface area contributed by atoms with E-state index in [0.29, 0.717) is 56.6 Å². The van der Waals surface area contributed by atoms with E-state index in [2.05, 4.69) is 0 Å². The maximum Gasteiger partial charge on any atom is 0.409 e. The lowest BCUT2D eigenvalue weighted by Crippen LogP contribution is -2.51. The summed E-state index contributed by atoms with van der Waals surface area (Å²) in [5, 5.41) is 0.486. The lowest BCUT2D eigenvalue weighted by molar-refractivity contribution is -0.136. The van der Waals surface area contributed by atoms with Crippen molar-refractivity contribution < 1.29 is 23.9 Å². The Morgan fingerprint density at radius 3 is 2.31 bits per heavy atom. The van der Waals surface area contributed by atoms with E-state index in [-0.39, 0.29) is 35.8 Å². The Hall–Kier alpha value is -2.48. The summed E-state index contributed by atoms with van der Waals surface area (Å²) < 4.78 is 10.6. The Labute approximate surface area is 193 Å². The molecule has 2 saturated heterocycles. The predicted octanol–water partition coefficient (Wildman–Crippen LogP) is 2.65. The van der Waals surface area contributed by atoms with Crippen LogP contribution in [0.25, 0.3) is 0 Å². The second-order valence-corrected chi connectivity index (χ2v) is 9.14. The second-order valence-electron chi connectivity index (χ2n) is 8.73. The van der Waals surface area contributed by atoms with Crippen molar-refractivity contribution in [2.75, 3.05) is 52.5 Å². The van der Waals surface area contributed by atoms with Crippen molar-refractivity contribution >= 4 is 29.5 Å². The molecule has 1 aliphatic carbocycles. The van der Waals surface area contributed by atoms with Gasteiger partial charge in [-0.25, -0.2) is 4.79 Å². The highest BCUT2D eigenvalue weighted by Gasteiger charge is 2.59. The molecule has 1 atom stereocenters. The SMILES string of the molecule is CCOC(=O)N1CCN(C(=O)C2CC23CCN(C(=O)COc2ccccc2Cl)CC3)CC1.